The smallest absolute Gasteiger partial charge is 0.245 e. The van der Waals surface area contributed by atoms with Crippen LogP contribution < -0.4 is 11.1 Å². The first-order valence-electron chi connectivity index (χ1n) is 6.07. The fraction of sp³-hybridized carbons (Fsp3) is 0.333. The van der Waals surface area contributed by atoms with Gasteiger partial charge in [0.2, 0.25) is 21.8 Å². The molecule has 7 nitrogen and oxygen atoms in total. The summed E-state index contributed by atoms with van der Waals surface area (Å²) >= 11 is 0. The van der Waals surface area contributed by atoms with E-state index in [9.17, 15) is 18.0 Å². The summed E-state index contributed by atoms with van der Waals surface area (Å²) in [6, 6.07) is 4.75. The molecule has 2 amide bonds. The molecular weight excluding hydrogens is 282 g/mol. The molecule has 0 aliphatic carbocycles. The molecule has 0 saturated carbocycles. The van der Waals surface area contributed by atoms with Crippen LogP contribution in [0.25, 0.3) is 0 Å². The van der Waals surface area contributed by atoms with Crippen LogP contribution in [-0.4, -0.2) is 37.1 Å². The first-order valence-corrected chi connectivity index (χ1v) is 7.51. The quantitative estimate of drug-likeness (QED) is 0.587. The van der Waals surface area contributed by atoms with E-state index in [0.29, 0.717) is 5.69 Å². The molecule has 1 aromatic carbocycles. The highest BCUT2D eigenvalue weighted by Crippen LogP contribution is 2.22. The summed E-state index contributed by atoms with van der Waals surface area (Å²) < 4.78 is 26.0. The molecule has 1 aromatic rings. The molecule has 1 atom stereocenters. The summed E-state index contributed by atoms with van der Waals surface area (Å²) in [6.07, 6.45) is 0.285. The van der Waals surface area contributed by atoms with Crippen molar-refractivity contribution in [2.75, 3.05) is 12.3 Å². The van der Waals surface area contributed by atoms with Gasteiger partial charge in [0.15, 0.2) is 0 Å². The average Bonchev–Trinajstić information content (AvgIpc) is 2.38. The summed E-state index contributed by atoms with van der Waals surface area (Å²) in [7, 11) is -3.91. The minimum atomic E-state index is -3.91. The van der Waals surface area contributed by atoms with Crippen LogP contribution in [0.4, 0.5) is 5.69 Å². The van der Waals surface area contributed by atoms with Crippen molar-refractivity contribution in [2.45, 2.75) is 24.3 Å². The number of hydrogen-bond acceptors (Lipinski definition) is 5. The normalized spacial score (nSPS) is 20.8. The second-order valence-corrected chi connectivity index (χ2v) is 6.35. The van der Waals surface area contributed by atoms with Crippen molar-refractivity contribution >= 4 is 27.5 Å². The molecule has 1 saturated heterocycles. The number of nitrogens with one attached hydrogen (secondary N) is 1. The fourth-order valence-corrected chi connectivity index (χ4v) is 3.68. The third-order valence-electron chi connectivity index (χ3n) is 3.09. The molecule has 3 N–H and O–H groups in total. The van der Waals surface area contributed by atoms with Crippen LogP contribution in [0.2, 0.25) is 0 Å². The van der Waals surface area contributed by atoms with Gasteiger partial charge >= 0.3 is 0 Å². The highest BCUT2D eigenvalue weighted by atomic mass is 32.2. The molecule has 1 fully saturated rings. The first kappa shape index (κ1) is 14.5. The molecule has 0 radical (unpaired) electrons. The van der Waals surface area contributed by atoms with Crippen LogP contribution in [0.5, 0.6) is 0 Å². The van der Waals surface area contributed by atoms with Crippen molar-refractivity contribution in [1.82, 2.24) is 9.62 Å². The minimum Gasteiger partial charge on any atom is -0.399 e. The van der Waals surface area contributed by atoms with E-state index >= 15 is 0 Å². The SMILES string of the molecule is CCC1C(=O)NC(=O)CN1S(=O)(=O)c1ccc(N)cc1. The summed E-state index contributed by atoms with van der Waals surface area (Å²) in [4.78, 5) is 23.1. The molecule has 1 aliphatic rings. The first-order chi connectivity index (χ1) is 9.36. The molecule has 108 valence electrons. The molecule has 2 rings (SSSR count). The van der Waals surface area contributed by atoms with E-state index in [0.717, 1.165) is 4.31 Å². The van der Waals surface area contributed by atoms with Crippen LogP contribution in [0, 0.1) is 0 Å². The summed E-state index contributed by atoms with van der Waals surface area (Å²) in [5.41, 5.74) is 5.95. The van der Waals surface area contributed by atoms with Gasteiger partial charge in [-0.05, 0) is 30.7 Å². The predicted octanol–water partition coefficient (Wildman–Crippen LogP) is -0.305. The number of nitrogens with two attached hydrogens (primary N) is 1. The van der Waals surface area contributed by atoms with Gasteiger partial charge in [0.1, 0.15) is 6.04 Å². The number of benzene rings is 1. The monoisotopic (exact) mass is 297 g/mol. The molecule has 0 bridgehead atoms. The van der Waals surface area contributed by atoms with Crippen molar-refractivity contribution in [2.24, 2.45) is 0 Å². The Morgan fingerprint density at radius 3 is 2.45 bits per heavy atom. The second-order valence-electron chi connectivity index (χ2n) is 4.46. The zero-order valence-electron chi connectivity index (χ0n) is 10.9. The molecule has 8 heteroatoms. The Kier molecular flexibility index (Phi) is 3.78. The van der Waals surface area contributed by atoms with Crippen molar-refractivity contribution < 1.29 is 18.0 Å². The van der Waals surface area contributed by atoms with Crippen molar-refractivity contribution in [3.8, 4) is 0 Å². The molecule has 1 unspecified atom stereocenters. The maximum absolute atomic E-state index is 12.5. The summed E-state index contributed by atoms with van der Waals surface area (Å²) in [5.74, 6) is -1.22. The van der Waals surface area contributed by atoms with Gasteiger partial charge in [0, 0.05) is 5.69 Å². The van der Waals surface area contributed by atoms with E-state index < -0.39 is 27.9 Å². The molecule has 20 heavy (non-hydrogen) atoms. The van der Waals surface area contributed by atoms with Gasteiger partial charge in [0.25, 0.3) is 0 Å². The molecule has 0 aromatic heterocycles. The van der Waals surface area contributed by atoms with Crippen LogP contribution in [0.1, 0.15) is 13.3 Å². The van der Waals surface area contributed by atoms with Crippen LogP contribution in [-0.2, 0) is 19.6 Å². The number of anilines is 1. The van der Waals surface area contributed by atoms with Gasteiger partial charge < -0.3 is 5.73 Å². The lowest BCUT2D eigenvalue weighted by Gasteiger charge is -2.32. The number of sulfonamides is 1. The number of amides is 2. The maximum atomic E-state index is 12.5. The molecular formula is C12H15N3O4S. The van der Waals surface area contributed by atoms with Crippen LogP contribution >= 0.6 is 0 Å². The Morgan fingerprint density at radius 2 is 1.90 bits per heavy atom. The van der Waals surface area contributed by atoms with E-state index in [1.165, 1.54) is 24.3 Å². The van der Waals surface area contributed by atoms with Gasteiger partial charge in [-0.2, -0.15) is 4.31 Å². The van der Waals surface area contributed by atoms with Gasteiger partial charge in [-0.15, -0.1) is 0 Å². The molecule has 0 spiro atoms. The molecule has 1 aliphatic heterocycles. The van der Waals surface area contributed by atoms with Crippen molar-refractivity contribution in [3.63, 3.8) is 0 Å². The van der Waals surface area contributed by atoms with Crippen molar-refractivity contribution in [1.29, 1.82) is 0 Å². The van der Waals surface area contributed by atoms with E-state index in [2.05, 4.69) is 5.32 Å². The predicted molar refractivity (Wildman–Crippen MR) is 72.0 cm³/mol. The van der Waals surface area contributed by atoms with E-state index in [1.54, 1.807) is 6.92 Å². The van der Waals surface area contributed by atoms with E-state index in [-0.39, 0.29) is 17.9 Å². The number of carbonyl (C=O) groups is 2. The lowest BCUT2D eigenvalue weighted by atomic mass is 10.2. The zero-order chi connectivity index (χ0) is 14.9. The lowest BCUT2D eigenvalue weighted by Crippen LogP contribution is -2.59. The maximum Gasteiger partial charge on any atom is 0.245 e. The van der Waals surface area contributed by atoms with Crippen molar-refractivity contribution in [3.05, 3.63) is 24.3 Å². The van der Waals surface area contributed by atoms with Gasteiger partial charge in [-0.3, -0.25) is 14.9 Å². The Balaban J connectivity index is 2.43. The fourth-order valence-electron chi connectivity index (χ4n) is 2.06. The second kappa shape index (κ2) is 5.22. The number of hydrogen-bond donors (Lipinski definition) is 2. The molecule has 1 heterocycles. The Bertz CT molecular complexity index is 639. The number of carbonyl (C=O) groups excluding carboxylic acids is 2. The third-order valence-corrected chi connectivity index (χ3v) is 4.95. The summed E-state index contributed by atoms with van der Waals surface area (Å²) in [5, 5.41) is 2.14. The van der Waals surface area contributed by atoms with Crippen LogP contribution in [0.3, 0.4) is 0 Å². The van der Waals surface area contributed by atoms with E-state index in [1.807, 2.05) is 0 Å². The van der Waals surface area contributed by atoms with Gasteiger partial charge in [-0.25, -0.2) is 8.42 Å². The Morgan fingerprint density at radius 1 is 1.30 bits per heavy atom. The zero-order valence-corrected chi connectivity index (χ0v) is 11.7. The Labute approximate surface area is 116 Å². The lowest BCUT2D eigenvalue weighted by molar-refractivity contribution is -0.137. The number of nitrogens with zero attached hydrogens (tertiary/aromatic N) is 1. The highest BCUT2D eigenvalue weighted by molar-refractivity contribution is 7.89. The topological polar surface area (TPSA) is 110 Å². The largest absolute Gasteiger partial charge is 0.399 e. The number of piperazine rings is 1. The third kappa shape index (κ3) is 2.52. The van der Waals surface area contributed by atoms with E-state index in [4.69, 9.17) is 5.73 Å². The van der Waals surface area contributed by atoms with Gasteiger partial charge in [0.05, 0.1) is 11.4 Å². The van der Waals surface area contributed by atoms with Gasteiger partial charge in [-0.1, -0.05) is 6.92 Å². The number of nitrogen functional groups attached to an aromatic ring is 1. The highest BCUT2D eigenvalue weighted by Gasteiger charge is 2.40. The number of rotatable bonds is 3. The minimum absolute atomic E-state index is 0.00708. The Hall–Kier alpha value is -1.93. The van der Waals surface area contributed by atoms with Crippen LogP contribution in [0.15, 0.2) is 29.2 Å². The number of imide groups is 1. The summed E-state index contributed by atoms with van der Waals surface area (Å²) in [6.45, 7) is 1.32. The average molecular weight is 297 g/mol. The standard InChI is InChI=1S/C12H15N3O4S/c1-2-10-12(17)14-11(16)7-15(10)20(18,19)9-5-3-8(13)4-6-9/h3-6,10H,2,7,13H2,1H3,(H,14,16,17).